The number of unbranched alkanes of at least 4 members (excludes halogenated alkanes) is 1. The van der Waals surface area contributed by atoms with Crippen molar-refractivity contribution in [2.75, 3.05) is 13.2 Å². The molecule has 0 saturated heterocycles. The van der Waals surface area contributed by atoms with Crippen LogP contribution in [0.3, 0.4) is 0 Å². The van der Waals surface area contributed by atoms with Crippen LogP contribution in [-0.2, 0) is 33.4 Å². The molecule has 0 atom stereocenters. The van der Waals surface area contributed by atoms with Crippen molar-refractivity contribution in [3.05, 3.63) is 0 Å². The standard InChI is InChI=1S/C14H22O7/c1-10(2)21-14(18)9-20-13(17)7-5-4-6-12(16)19-8-11(3)15/h10H,4-9H2,1-3H3. The normalized spacial score (nSPS) is 10.1. The van der Waals surface area contributed by atoms with Gasteiger partial charge in [-0.3, -0.25) is 14.4 Å². The first-order valence-electron chi connectivity index (χ1n) is 6.81. The molecule has 0 aliphatic carbocycles. The minimum absolute atomic E-state index is 0.106. The second-order valence-corrected chi connectivity index (χ2v) is 4.77. The Morgan fingerprint density at radius 3 is 1.71 bits per heavy atom. The molecule has 0 heterocycles. The van der Waals surface area contributed by atoms with Crippen LogP contribution < -0.4 is 0 Å². The largest absolute Gasteiger partial charge is 0.460 e. The van der Waals surface area contributed by atoms with E-state index in [1.165, 1.54) is 6.92 Å². The summed E-state index contributed by atoms with van der Waals surface area (Å²) < 4.78 is 14.2. The summed E-state index contributed by atoms with van der Waals surface area (Å²) in [5, 5.41) is 0. The van der Waals surface area contributed by atoms with Gasteiger partial charge in [-0.1, -0.05) is 0 Å². The third-order valence-corrected chi connectivity index (χ3v) is 2.17. The lowest BCUT2D eigenvalue weighted by molar-refractivity contribution is -0.161. The zero-order valence-corrected chi connectivity index (χ0v) is 12.7. The van der Waals surface area contributed by atoms with Crippen LogP contribution >= 0.6 is 0 Å². The summed E-state index contributed by atoms with van der Waals surface area (Å²) in [5.74, 6) is -1.81. The quantitative estimate of drug-likeness (QED) is 0.339. The molecule has 0 unspecified atom stereocenters. The Hall–Kier alpha value is -1.92. The summed E-state index contributed by atoms with van der Waals surface area (Å²) >= 11 is 0. The Bertz CT molecular complexity index is 374. The highest BCUT2D eigenvalue weighted by Gasteiger charge is 2.10. The van der Waals surface area contributed by atoms with Gasteiger partial charge in [0.1, 0.15) is 6.61 Å². The van der Waals surface area contributed by atoms with Crippen molar-refractivity contribution < 1.29 is 33.4 Å². The molecule has 0 rings (SSSR count). The van der Waals surface area contributed by atoms with E-state index in [0.717, 1.165) is 0 Å². The van der Waals surface area contributed by atoms with Crippen LogP contribution in [0.4, 0.5) is 0 Å². The van der Waals surface area contributed by atoms with E-state index in [-0.39, 0.29) is 31.3 Å². The molecule has 0 aliphatic rings. The average Bonchev–Trinajstić information content (AvgIpc) is 2.38. The molecule has 7 heteroatoms. The van der Waals surface area contributed by atoms with E-state index < -0.39 is 24.5 Å². The highest BCUT2D eigenvalue weighted by molar-refractivity contribution is 5.80. The number of ketones is 1. The minimum atomic E-state index is -0.592. The van der Waals surface area contributed by atoms with E-state index in [2.05, 4.69) is 4.74 Å². The van der Waals surface area contributed by atoms with Crippen LogP contribution in [0.5, 0.6) is 0 Å². The first-order valence-corrected chi connectivity index (χ1v) is 6.81. The highest BCUT2D eigenvalue weighted by Crippen LogP contribution is 2.03. The smallest absolute Gasteiger partial charge is 0.344 e. The number of Topliss-reactive ketones (excluding diaryl/α,β-unsaturated/α-hetero) is 1. The van der Waals surface area contributed by atoms with E-state index in [1.807, 2.05) is 0 Å². The fraction of sp³-hybridized carbons (Fsp3) is 0.714. The molecule has 0 saturated carbocycles. The monoisotopic (exact) mass is 302 g/mol. The second-order valence-electron chi connectivity index (χ2n) is 4.77. The van der Waals surface area contributed by atoms with E-state index in [0.29, 0.717) is 12.8 Å². The van der Waals surface area contributed by atoms with Gasteiger partial charge >= 0.3 is 17.9 Å². The summed E-state index contributed by atoms with van der Waals surface area (Å²) in [7, 11) is 0. The summed E-state index contributed by atoms with van der Waals surface area (Å²) in [5.41, 5.74) is 0. The molecule has 0 aromatic carbocycles. The first-order chi connectivity index (χ1) is 9.81. The van der Waals surface area contributed by atoms with E-state index in [4.69, 9.17) is 9.47 Å². The molecule has 0 aliphatic heterocycles. The van der Waals surface area contributed by atoms with Crippen LogP contribution in [0.2, 0.25) is 0 Å². The zero-order chi connectivity index (χ0) is 16.3. The van der Waals surface area contributed by atoms with Crippen LogP contribution in [-0.4, -0.2) is 43.0 Å². The van der Waals surface area contributed by atoms with E-state index in [1.54, 1.807) is 13.8 Å². The van der Waals surface area contributed by atoms with Crippen molar-refractivity contribution in [3.63, 3.8) is 0 Å². The third kappa shape index (κ3) is 12.8. The SMILES string of the molecule is CC(=O)COC(=O)CCCCC(=O)OCC(=O)OC(C)C. The van der Waals surface area contributed by atoms with Crippen LogP contribution in [0, 0.1) is 0 Å². The summed E-state index contributed by atoms with van der Waals surface area (Å²) in [6.45, 7) is 4.10. The first kappa shape index (κ1) is 19.1. The number of carbonyl (C=O) groups is 4. The molecular weight excluding hydrogens is 280 g/mol. The number of ether oxygens (including phenoxy) is 3. The van der Waals surface area contributed by atoms with Gasteiger partial charge in [-0.15, -0.1) is 0 Å². The molecule has 0 fully saturated rings. The molecule has 0 aromatic rings. The van der Waals surface area contributed by atoms with Crippen molar-refractivity contribution >= 4 is 23.7 Å². The van der Waals surface area contributed by atoms with Gasteiger partial charge < -0.3 is 14.2 Å². The van der Waals surface area contributed by atoms with Crippen molar-refractivity contribution in [2.24, 2.45) is 0 Å². The van der Waals surface area contributed by atoms with Crippen molar-refractivity contribution in [3.8, 4) is 0 Å². The fourth-order valence-corrected chi connectivity index (χ4v) is 1.30. The number of rotatable bonds is 10. The number of hydrogen-bond acceptors (Lipinski definition) is 7. The Morgan fingerprint density at radius 1 is 0.810 bits per heavy atom. The second kappa shape index (κ2) is 10.8. The molecular formula is C14H22O7. The lowest BCUT2D eigenvalue weighted by Gasteiger charge is -2.08. The average molecular weight is 302 g/mol. The molecule has 0 radical (unpaired) electrons. The third-order valence-electron chi connectivity index (χ3n) is 2.17. The van der Waals surface area contributed by atoms with Gasteiger partial charge in [0.2, 0.25) is 0 Å². The van der Waals surface area contributed by atoms with Gasteiger partial charge in [0.15, 0.2) is 12.4 Å². The highest BCUT2D eigenvalue weighted by atomic mass is 16.6. The maximum absolute atomic E-state index is 11.3. The minimum Gasteiger partial charge on any atom is -0.460 e. The van der Waals surface area contributed by atoms with Gasteiger partial charge in [-0.05, 0) is 33.6 Å². The van der Waals surface area contributed by atoms with Crippen LogP contribution in [0.1, 0.15) is 46.5 Å². The lowest BCUT2D eigenvalue weighted by Crippen LogP contribution is -2.19. The molecule has 0 aromatic heterocycles. The van der Waals surface area contributed by atoms with Gasteiger partial charge in [-0.25, -0.2) is 4.79 Å². The van der Waals surface area contributed by atoms with Crippen LogP contribution in [0.25, 0.3) is 0 Å². The molecule has 0 bridgehead atoms. The molecule has 21 heavy (non-hydrogen) atoms. The predicted molar refractivity (Wildman–Crippen MR) is 72.3 cm³/mol. The topological polar surface area (TPSA) is 96.0 Å². The Kier molecular flexibility index (Phi) is 9.83. The summed E-state index contributed by atoms with van der Waals surface area (Å²) in [6, 6.07) is 0. The van der Waals surface area contributed by atoms with Gasteiger partial charge in [0.25, 0.3) is 0 Å². The lowest BCUT2D eigenvalue weighted by atomic mass is 10.2. The van der Waals surface area contributed by atoms with E-state index >= 15 is 0 Å². The number of esters is 3. The molecule has 0 spiro atoms. The van der Waals surface area contributed by atoms with Crippen molar-refractivity contribution in [2.45, 2.75) is 52.6 Å². The number of carbonyl (C=O) groups excluding carboxylic acids is 4. The maximum atomic E-state index is 11.3. The zero-order valence-electron chi connectivity index (χ0n) is 12.7. The Balaban J connectivity index is 3.60. The van der Waals surface area contributed by atoms with Gasteiger partial charge in [0.05, 0.1) is 6.10 Å². The van der Waals surface area contributed by atoms with E-state index in [9.17, 15) is 19.2 Å². The van der Waals surface area contributed by atoms with Gasteiger partial charge in [-0.2, -0.15) is 0 Å². The Morgan fingerprint density at radius 2 is 1.29 bits per heavy atom. The molecule has 7 nitrogen and oxygen atoms in total. The predicted octanol–water partition coefficient (Wildman–Crippen LogP) is 1.17. The van der Waals surface area contributed by atoms with Crippen LogP contribution in [0.15, 0.2) is 0 Å². The number of hydrogen-bond donors (Lipinski definition) is 0. The molecule has 120 valence electrons. The maximum Gasteiger partial charge on any atom is 0.344 e. The summed E-state index contributed by atoms with van der Waals surface area (Å²) in [4.78, 5) is 44.2. The fourth-order valence-electron chi connectivity index (χ4n) is 1.30. The molecule has 0 amide bonds. The summed E-state index contributed by atoms with van der Waals surface area (Å²) in [6.07, 6.45) is 0.873. The Labute approximate surface area is 123 Å². The van der Waals surface area contributed by atoms with Crippen molar-refractivity contribution in [1.82, 2.24) is 0 Å². The van der Waals surface area contributed by atoms with Crippen molar-refractivity contribution in [1.29, 1.82) is 0 Å². The molecule has 0 N–H and O–H groups in total. The van der Waals surface area contributed by atoms with Gasteiger partial charge in [0, 0.05) is 12.8 Å².